The van der Waals surface area contributed by atoms with Crippen LogP contribution in [0.4, 0.5) is 0 Å². The van der Waals surface area contributed by atoms with Gasteiger partial charge in [-0.15, -0.1) is 0 Å². The van der Waals surface area contributed by atoms with Crippen LogP contribution in [-0.4, -0.2) is 48.2 Å². The molecule has 0 fully saturated rings. The van der Waals surface area contributed by atoms with E-state index in [0.29, 0.717) is 6.54 Å². The fourth-order valence-electron chi connectivity index (χ4n) is 1.05. The van der Waals surface area contributed by atoms with Gasteiger partial charge in [0, 0.05) is 19.5 Å². The van der Waals surface area contributed by atoms with Crippen LogP contribution in [0.5, 0.6) is 0 Å². The molecule has 0 aromatic rings. The van der Waals surface area contributed by atoms with Crippen LogP contribution in [0.3, 0.4) is 0 Å². The van der Waals surface area contributed by atoms with E-state index < -0.39 is 0 Å². The highest BCUT2D eigenvalue weighted by Gasteiger charge is 2.15. The van der Waals surface area contributed by atoms with Crippen molar-refractivity contribution in [1.29, 1.82) is 0 Å². The quantitative estimate of drug-likeness (QED) is 0.297. The number of amides is 1. The Kier molecular flexibility index (Phi) is 6.48. The first kappa shape index (κ1) is 14.7. The van der Waals surface area contributed by atoms with Crippen LogP contribution in [0.2, 0.25) is 0 Å². The number of nitrogens with two attached hydrogens (primary N) is 1. The van der Waals surface area contributed by atoms with Gasteiger partial charge < -0.3 is 20.6 Å². The highest BCUT2D eigenvalue weighted by molar-refractivity contribution is 5.83. The highest BCUT2D eigenvalue weighted by atomic mass is 16.5. The van der Waals surface area contributed by atoms with Crippen LogP contribution in [0, 0.1) is 5.92 Å². The third-order valence-electron chi connectivity index (χ3n) is 2.13. The minimum atomic E-state index is -0.182. The summed E-state index contributed by atoms with van der Waals surface area (Å²) in [6.45, 7) is 5.97. The first-order valence-electron chi connectivity index (χ1n) is 5.21. The van der Waals surface area contributed by atoms with Gasteiger partial charge in [0.25, 0.3) is 0 Å². The molecule has 0 radical (unpaired) electrons. The molecule has 0 aliphatic carbocycles. The number of nitrogens with zero attached hydrogens (tertiary/aromatic N) is 2. The van der Waals surface area contributed by atoms with Crippen LogP contribution in [0.25, 0.3) is 0 Å². The third kappa shape index (κ3) is 5.55. The van der Waals surface area contributed by atoms with E-state index in [1.807, 2.05) is 13.8 Å². The van der Waals surface area contributed by atoms with Gasteiger partial charge in [0.15, 0.2) is 0 Å². The van der Waals surface area contributed by atoms with Gasteiger partial charge in [-0.05, 0) is 13.8 Å². The minimum absolute atomic E-state index is 0.0267. The van der Waals surface area contributed by atoms with Gasteiger partial charge >= 0.3 is 0 Å². The Morgan fingerprint density at radius 1 is 1.50 bits per heavy atom. The summed E-state index contributed by atoms with van der Waals surface area (Å²) in [6.07, 6.45) is 0.0267. The normalized spacial score (nSPS) is 13.9. The highest BCUT2D eigenvalue weighted by Crippen LogP contribution is 1.99. The van der Waals surface area contributed by atoms with Gasteiger partial charge in [-0.1, -0.05) is 12.1 Å². The second kappa shape index (κ2) is 7.05. The zero-order valence-electron chi connectivity index (χ0n) is 10.3. The Balaban J connectivity index is 4.05. The van der Waals surface area contributed by atoms with Gasteiger partial charge in [0.1, 0.15) is 12.4 Å². The summed E-state index contributed by atoms with van der Waals surface area (Å²) in [4.78, 5) is 13.1. The third-order valence-corrected chi connectivity index (χ3v) is 2.13. The molecule has 0 aromatic heterocycles. The van der Waals surface area contributed by atoms with Crippen molar-refractivity contribution in [3.63, 3.8) is 0 Å². The number of hydrogen-bond donors (Lipinski definition) is 2. The molecule has 0 aromatic carbocycles. The molecule has 0 saturated heterocycles. The van der Waals surface area contributed by atoms with Gasteiger partial charge in [-0.25, -0.2) is 0 Å². The smallest absolute Gasteiger partial charge is 0.248 e. The Morgan fingerprint density at radius 3 is 2.50 bits per heavy atom. The summed E-state index contributed by atoms with van der Waals surface area (Å²) >= 11 is 0. The summed E-state index contributed by atoms with van der Waals surface area (Å²) in [6, 6.07) is 0. The van der Waals surface area contributed by atoms with E-state index in [-0.39, 0.29) is 30.4 Å². The molecule has 0 bridgehead atoms. The summed E-state index contributed by atoms with van der Waals surface area (Å²) in [5, 5.41) is 11.4. The van der Waals surface area contributed by atoms with E-state index in [4.69, 9.17) is 15.7 Å². The predicted molar refractivity (Wildman–Crippen MR) is 61.3 cm³/mol. The van der Waals surface area contributed by atoms with Crippen molar-refractivity contribution in [1.82, 2.24) is 4.90 Å². The van der Waals surface area contributed by atoms with Crippen molar-refractivity contribution < 1.29 is 14.7 Å². The Hall–Kier alpha value is -1.30. The molecular formula is C10H21N3O3. The van der Waals surface area contributed by atoms with Crippen LogP contribution < -0.4 is 5.73 Å². The molecule has 1 atom stereocenters. The van der Waals surface area contributed by atoms with E-state index in [1.54, 1.807) is 14.0 Å². The first-order valence-corrected chi connectivity index (χ1v) is 5.21. The second-order valence-corrected chi connectivity index (χ2v) is 4.06. The molecule has 0 saturated carbocycles. The van der Waals surface area contributed by atoms with Crippen molar-refractivity contribution in [2.24, 2.45) is 16.8 Å². The van der Waals surface area contributed by atoms with Crippen molar-refractivity contribution >= 4 is 11.7 Å². The lowest BCUT2D eigenvalue weighted by Gasteiger charge is -2.21. The fraction of sp³-hybridized carbons (Fsp3) is 0.800. The van der Waals surface area contributed by atoms with Gasteiger partial charge in [-0.3, -0.25) is 4.79 Å². The fourth-order valence-corrected chi connectivity index (χ4v) is 1.05. The number of oxime groups is 1. The first-order chi connectivity index (χ1) is 7.38. The number of hydrogen-bond acceptors (Lipinski definition) is 4. The molecule has 0 rings (SSSR count). The standard InChI is InChI=1S/C10H21N3O3/c1-7(2)16-6-9(14)13(4)5-8(3)10(11)12-15/h7-8,15H,5-6H2,1-4H3,(H2,11,12). The lowest BCUT2D eigenvalue weighted by atomic mass is 10.1. The molecule has 1 unspecified atom stereocenters. The molecule has 16 heavy (non-hydrogen) atoms. The zero-order chi connectivity index (χ0) is 12.7. The van der Waals surface area contributed by atoms with Crippen molar-refractivity contribution in [3.05, 3.63) is 0 Å². The van der Waals surface area contributed by atoms with Crippen LogP contribution >= 0.6 is 0 Å². The van der Waals surface area contributed by atoms with Crippen LogP contribution in [0.1, 0.15) is 20.8 Å². The van der Waals surface area contributed by atoms with E-state index in [1.165, 1.54) is 4.90 Å². The average molecular weight is 231 g/mol. The maximum absolute atomic E-state index is 11.6. The zero-order valence-corrected chi connectivity index (χ0v) is 10.3. The van der Waals surface area contributed by atoms with Gasteiger partial charge in [-0.2, -0.15) is 0 Å². The van der Waals surface area contributed by atoms with Gasteiger partial charge in [0.05, 0.1) is 6.10 Å². The van der Waals surface area contributed by atoms with Crippen molar-refractivity contribution in [2.45, 2.75) is 26.9 Å². The average Bonchev–Trinajstić information content (AvgIpc) is 2.24. The summed E-state index contributed by atoms with van der Waals surface area (Å²) in [5.74, 6) is -0.186. The van der Waals surface area contributed by atoms with Crippen molar-refractivity contribution in [2.75, 3.05) is 20.2 Å². The van der Waals surface area contributed by atoms with Gasteiger partial charge in [0.2, 0.25) is 5.91 Å². The molecule has 0 aliphatic rings. The Morgan fingerprint density at radius 2 is 2.06 bits per heavy atom. The summed E-state index contributed by atoms with van der Waals surface area (Å²) in [5.41, 5.74) is 5.42. The van der Waals surface area contributed by atoms with E-state index in [0.717, 1.165) is 0 Å². The summed E-state index contributed by atoms with van der Waals surface area (Å²) in [7, 11) is 1.66. The maximum Gasteiger partial charge on any atom is 0.248 e. The molecule has 0 aliphatic heterocycles. The molecule has 0 spiro atoms. The number of ether oxygens (including phenoxy) is 1. The topological polar surface area (TPSA) is 88.2 Å². The number of likely N-dealkylation sites (N-methyl/N-ethyl adjacent to an activating group) is 1. The van der Waals surface area contributed by atoms with Crippen molar-refractivity contribution in [3.8, 4) is 0 Å². The van der Waals surface area contributed by atoms with E-state index in [2.05, 4.69) is 5.16 Å². The molecule has 94 valence electrons. The molecule has 3 N–H and O–H groups in total. The molecule has 0 heterocycles. The SMILES string of the molecule is CC(C)OCC(=O)N(C)CC(C)C(N)=NO. The molecule has 6 nitrogen and oxygen atoms in total. The Labute approximate surface area is 96.0 Å². The largest absolute Gasteiger partial charge is 0.409 e. The number of rotatable bonds is 6. The van der Waals surface area contributed by atoms with E-state index >= 15 is 0 Å². The Bertz CT molecular complexity index is 254. The number of carbonyl (C=O) groups is 1. The van der Waals surface area contributed by atoms with E-state index in [9.17, 15) is 4.79 Å². The molecule has 6 heteroatoms. The monoisotopic (exact) mass is 231 g/mol. The second-order valence-electron chi connectivity index (χ2n) is 4.06. The summed E-state index contributed by atoms with van der Waals surface area (Å²) < 4.78 is 5.19. The van der Waals surface area contributed by atoms with Crippen LogP contribution in [0.15, 0.2) is 5.16 Å². The minimum Gasteiger partial charge on any atom is -0.409 e. The number of carbonyl (C=O) groups excluding carboxylic acids is 1. The number of amidine groups is 1. The lowest BCUT2D eigenvalue weighted by Crippen LogP contribution is -2.38. The molecular weight excluding hydrogens is 210 g/mol. The van der Waals surface area contributed by atoms with Crippen LogP contribution in [-0.2, 0) is 9.53 Å². The predicted octanol–water partition coefficient (Wildman–Crippen LogP) is 0.252. The molecule has 1 amide bonds. The maximum atomic E-state index is 11.6. The lowest BCUT2D eigenvalue weighted by molar-refractivity contribution is -0.136.